The lowest BCUT2D eigenvalue weighted by atomic mass is 10.1. The Morgan fingerprint density at radius 3 is 2.34 bits per heavy atom. The average Bonchev–Trinajstić information content (AvgIpc) is 2.86. The first kappa shape index (κ1) is 20.6. The summed E-state index contributed by atoms with van der Waals surface area (Å²) in [4.78, 5) is 16.6. The maximum Gasteiger partial charge on any atom is 0.417 e. The number of halogens is 3. The highest BCUT2D eigenvalue weighted by Crippen LogP contribution is 2.37. The molecule has 0 radical (unpaired) electrons. The van der Waals surface area contributed by atoms with Crippen LogP contribution in [-0.2, 0) is 18.0 Å². The fourth-order valence-corrected chi connectivity index (χ4v) is 3.23. The second kappa shape index (κ2) is 7.38. The number of pyridine rings is 1. The number of carbonyl (C=O) groups is 1. The molecule has 0 saturated carbocycles. The van der Waals surface area contributed by atoms with Crippen molar-refractivity contribution in [3.63, 3.8) is 0 Å². The SMILES string of the molecule is Cc1cc(C)cc(NC(=O)C(C)Oc2cc(C(F)(F)F)c3c(C)nn(C)c3n2)c1. The van der Waals surface area contributed by atoms with Crippen molar-refractivity contribution >= 4 is 22.6 Å². The number of amides is 1. The van der Waals surface area contributed by atoms with E-state index in [1.165, 1.54) is 25.6 Å². The van der Waals surface area contributed by atoms with Gasteiger partial charge in [0.05, 0.1) is 16.6 Å². The lowest BCUT2D eigenvalue weighted by Gasteiger charge is -2.16. The summed E-state index contributed by atoms with van der Waals surface area (Å²) in [7, 11) is 1.50. The third-order valence-corrected chi connectivity index (χ3v) is 4.41. The molecule has 29 heavy (non-hydrogen) atoms. The number of hydrogen-bond donors (Lipinski definition) is 1. The molecule has 3 aromatic rings. The van der Waals surface area contributed by atoms with Gasteiger partial charge in [0.25, 0.3) is 5.91 Å². The van der Waals surface area contributed by atoms with Gasteiger partial charge in [-0.1, -0.05) is 6.07 Å². The van der Waals surface area contributed by atoms with Crippen molar-refractivity contribution in [2.24, 2.45) is 7.05 Å². The summed E-state index contributed by atoms with van der Waals surface area (Å²) in [6.07, 6.45) is -5.67. The first-order valence-corrected chi connectivity index (χ1v) is 8.93. The Morgan fingerprint density at radius 2 is 1.76 bits per heavy atom. The van der Waals surface area contributed by atoms with E-state index in [2.05, 4.69) is 15.4 Å². The normalized spacial score (nSPS) is 12.8. The molecular weight excluding hydrogens is 385 g/mol. The number of alkyl halides is 3. The molecule has 2 aromatic heterocycles. The van der Waals surface area contributed by atoms with Crippen LogP contribution in [0.5, 0.6) is 5.88 Å². The molecule has 2 heterocycles. The highest BCUT2D eigenvalue weighted by molar-refractivity contribution is 5.94. The lowest BCUT2D eigenvalue weighted by Crippen LogP contribution is -2.30. The molecule has 1 atom stereocenters. The van der Waals surface area contributed by atoms with Crippen molar-refractivity contribution in [3.8, 4) is 5.88 Å². The number of anilines is 1. The molecule has 0 fully saturated rings. The molecule has 3 rings (SSSR count). The number of nitrogens with one attached hydrogen (secondary N) is 1. The minimum absolute atomic E-state index is 0.0363. The summed E-state index contributed by atoms with van der Waals surface area (Å²) in [6.45, 7) is 6.73. The number of benzene rings is 1. The Balaban J connectivity index is 1.89. The van der Waals surface area contributed by atoms with Crippen molar-refractivity contribution in [3.05, 3.63) is 46.6 Å². The number of rotatable bonds is 4. The number of aryl methyl sites for hydroxylation is 4. The van der Waals surface area contributed by atoms with Gasteiger partial charge in [0.1, 0.15) is 0 Å². The summed E-state index contributed by atoms with van der Waals surface area (Å²) in [6, 6.07) is 6.35. The lowest BCUT2D eigenvalue weighted by molar-refractivity contribution is -0.136. The summed E-state index contributed by atoms with van der Waals surface area (Å²) in [5.41, 5.74) is 1.89. The van der Waals surface area contributed by atoms with Crippen LogP contribution in [0, 0.1) is 20.8 Å². The molecular formula is C20H21F3N4O2. The van der Waals surface area contributed by atoms with Crippen molar-refractivity contribution in [1.29, 1.82) is 0 Å². The van der Waals surface area contributed by atoms with Crippen LogP contribution in [0.4, 0.5) is 18.9 Å². The van der Waals surface area contributed by atoms with Crippen LogP contribution in [-0.4, -0.2) is 26.8 Å². The van der Waals surface area contributed by atoms with Gasteiger partial charge in [0.2, 0.25) is 5.88 Å². The van der Waals surface area contributed by atoms with E-state index in [0.29, 0.717) is 5.69 Å². The van der Waals surface area contributed by atoms with E-state index in [0.717, 1.165) is 17.2 Å². The molecule has 154 valence electrons. The van der Waals surface area contributed by atoms with Crippen LogP contribution in [0.15, 0.2) is 24.3 Å². The molecule has 1 unspecified atom stereocenters. The van der Waals surface area contributed by atoms with E-state index in [1.807, 2.05) is 19.9 Å². The quantitative estimate of drug-likeness (QED) is 0.701. The van der Waals surface area contributed by atoms with Crippen molar-refractivity contribution in [2.75, 3.05) is 5.32 Å². The molecule has 1 amide bonds. The standard InChI is InChI=1S/C20H21F3N4O2/c1-10-6-11(2)8-14(7-10)24-19(28)13(4)29-16-9-15(20(21,22)23)17-12(3)26-27(5)18(17)25-16/h6-9,13H,1-5H3,(H,24,28). The largest absolute Gasteiger partial charge is 0.464 e. The van der Waals surface area contributed by atoms with Gasteiger partial charge in [-0.15, -0.1) is 0 Å². The Labute approximate surface area is 165 Å². The first-order valence-electron chi connectivity index (χ1n) is 8.93. The predicted molar refractivity (Wildman–Crippen MR) is 103 cm³/mol. The van der Waals surface area contributed by atoms with E-state index >= 15 is 0 Å². The van der Waals surface area contributed by atoms with Gasteiger partial charge in [0, 0.05) is 18.8 Å². The number of aromatic nitrogens is 3. The Hall–Kier alpha value is -3.10. The van der Waals surface area contributed by atoms with Crippen molar-refractivity contribution < 1.29 is 22.7 Å². The number of carbonyl (C=O) groups excluding carboxylic acids is 1. The summed E-state index contributed by atoms with van der Waals surface area (Å²) in [5.74, 6) is -0.789. The van der Waals surface area contributed by atoms with E-state index in [-0.39, 0.29) is 22.6 Å². The number of hydrogen-bond acceptors (Lipinski definition) is 4. The van der Waals surface area contributed by atoms with Gasteiger partial charge in [0.15, 0.2) is 11.8 Å². The Morgan fingerprint density at radius 1 is 1.14 bits per heavy atom. The van der Waals surface area contributed by atoms with E-state index in [1.54, 1.807) is 12.1 Å². The second-order valence-corrected chi connectivity index (χ2v) is 7.04. The van der Waals surface area contributed by atoms with Crippen LogP contribution >= 0.6 is 0 Å². The zero-order chi connectivity index (χ0) is 21.5. The molecule has 1 aromatic carbocycles. The van der Waals surface area contributed by atoms with Gasteiger partial charge in [-0.05, 0) is 51.0 Å². The monoisotopic (exact) mass is 406 g/mol. The maximum absolute atomic E-state index is 13.5. The molecule has 9 heteroatoms. The third kappa shape index (κ3) is 4.33. The third-order valence-electron chi connectivity index (χ3n) is 4.41. The fraction of sp³-hybridized carbons (Fsp3) is 0.350. The molecule has 0 aliphatic rings. The molecule has 6 nitrogen and oxygen atoms in total. The zero-order valence-electron chi connectivity index (χ0n) is 16.7. The van der Waals surface area contributed by atoms with E-state index in [4.69, 9.17) is 4.74 Å². The van der Waals surface area contributed by atoms with Crippen LogP contribution in [0.3, 0.4) is 0 Å². The van der Waals surface area contributed by atoms with Crippen LogP contribution in [0.2, 0.25) is 0 Å². The van der Waals surface area contributed by atoms with Gasteiger partial charge >= 0.3 is 6.18 Å². The molecule has 0 bridgehead atoms. The molecule has 1 N–H and O–H groups in total. The molecule has 0 aliphatic heterocycles. The van der Waals surface area contributed by atoms with Crippen molar-refractivity contribution in [2.45, 2.75) is 40.0 Å². The summed E-state index contributed by atoms with van der Waals surface area (Å²) in [5, 5.41) is 6.64. The highest BCUT2D eigenvalue weighted by Gasteiger charge is 2.36. The zero-order valence-corrected chi connectivity index (χ0v) is 16.7. The van der Waals surface area contributed by atoms with Crippen molar-refractivity contribution in [1.82, 2.24) is 14.8 Å². The van der Waals surface area contributed by atoms with Gasteiger partial charge in [-0.25, -0.2) is 0 Å². The smallest absolute Gasteiger partial charge is 0.417 e. The molecule has 0 spiro atoms. The Kier molecular flexibility index (Phi) is 5.25. The van der Waals surface area contributed by atoms with E-state index < -0.39 is 23.8 Å². The van der Waals surface area contributed by atoms with Gasteiger partial charge < -0.3 is 10.1 Å². The maximum atomic E-state index is 13.5. The van der Waals surface area contributed by atoms with Crippen LogP contribution in [0.25, 0.3) is 11.0 Å². The number of nitrogens with zero attached hydrogens (tertiary/aromatic N) is 3. The summed E-state index contributed by atoms with van der Waals surface area (Å²) < 4.78 is 47.3. The molecule has 0 saturated heterocycles. The highest BCUT2D eigenvalue weighted by atomic mass is 19.4. The number of fused-ring (bicyclic) bond motifs is 1. The van der Waals surface area contributed by atoms with Gasteiger partial charge in [-0.3, -0.25) is 9.48 Å². The molecule has 0 aliphatic carbocycles. The summed E-state index contributed by atoms with van der Waals surface area (Å²) >= 11 is 0. The Bertz CT molecular complexity index is 1070. The van der Waals surface area contributed by atoms with Gasteiger partial charge in [-0.2, -0.15) is 23.3 Å². The van der Waals surface area contributed by atoms with Crippen LogP contribution in [0.1, 0.15) is 29.3 Å². The fourth-order valence-electron chi connectivity index (χ4n) is 3.23. The van der Waals surface area contributed by atoms with E-state index in [9.17, 15) is 18.0 Å². The minimum Gasteiger partial charge on any atom is -0.464 e. The van der Waals surface area contributed by atoms with Crippen LogP contribution < -0.4 is 10.1 Å². The predicted octanol–water partition coefficient (Wildman–Crippen LogP) is 4.32. The first-order chi connectivity index (χ1) is 13.5. The second-order valence-electron chi connectivity index (χ2n) is 7.04. The number of ether oxygens (including phenoxy) is 1. The topological polar surface area (TPSA) is 69.0 Å². The average molecular weight is 406 g/mol. The minimum atomic E-state index is -4.61.